The lowest BCUT2D eigenvalue weighted by Crippen LogP contribution is -2.64. The highest BCUT2D eigenvalue weighted by molar-refractivity contribution is 5.86. The maximum absolute atomic E-state index is 12.7. The first-order chi connectivity index (χ1) is 8.44. The van der Waals surface area contributed by atoms with Crippen LogP contribution in [-0.4, -0.2) is 60.0 Å². The normalized spacial score (nSPS) is 38.8. The third-order valence-electron chi connectivity index (χ3n) is 4.74. The third-order valence-corrected chi connectivity index (χ3v) is 4.74. The zero-order valence-electron chi connectivity index (χ0n) is 12.2. The second-order valence-corrected chi connectivity index (χ2v) is 6.29. The lowest BCUT2D eigenvalue weighted by atomic mass is 9.89. The summed E-state index contributed by atoms with van der Waals surface area (Å²) in [4.78, 5) is 17.1. The van der Waals surface area contributed by atoms with Crippen LogP contribution in [0.1, 0.15) is 40.0 Å². The summed E-state index contributed by atoms with van der Waals surface area (Å²) in [5.74, 6) is 0.300. The average Bonchev–Trinajstić information content (AvgIpc) is 2.35. The Morgan fingerprint density at radius 2 is 1.83 bits per heavy atom. The van der Waals surface area contributed by atoms with E-state index in [1.54, 1.807) is 0 Å². The number of nitrogens with zero attached hydrogens (tertiary/aromatic N) is 2. The van der Waals surface area contributed by atoms with Crippen LogP contribution in [0.15, 0.2) is 0 Å². The standard InChI is InChI=1S/C14H27N3O/c1-11-9-17(10-12(2)16(11)4)13(18)14(3)7-5-6-8-15-14/h11-12,15H,5-10H2,1-4H3. The van der Waals surface area contributed by atoms with Crippen molar-refractivity contribution in [3.8, 4) is 0 Å². The first-order valence-corrected chi connectivity index (χ1v) is 7.20. The van der Waals surface area contributed by atoms with E-state index >= 15 is 0 Å². The smallest absolute Gasteiger partial charge is 0.242 e. The van der Waals surface area contributed by atoms with Gasteiger partial charge in [0.1, 0.15) is 0 Å². The minimum Gasteiger partial charge on any atom is -0.338 e. The molecule has 0 aromatic rings. The predicted molar refractivity (Wildman–Crippen MR) is 73.5 cm³/mol. The van der Waals surface area contributed by atoms with Gasteiger partial charge >= 0.3 is 0 Å². The van der Waals surface area contributed by atoms with Crippen molar-refractivity contribution in [3.63, 3.8) is 0 Å². The molecule has 0 radical (unpaired) electrons. The van der Waals surface area contributed by atoms with Gasteiger partial charge in [-0.05, 0) is 53.6 Å². The second kappa shape index (κ2) is 5.17. The van der Waals surface area contributed by atoms with Crippen LogP contribution in [0.25, 0.3) is 0 Å². The molecule has 0 aliphatic carbocycles. The van der Waals surface area contributed by atoms with Gasteiger partial charge in [-0.3, -0.25) is 9.69 Å². The lowest BCUT2D eigenvalue weighted by Gasteiger charge is -2.46. The van der Waals surface area contributed by atoms with E-state index in [9.17, 15) is 4.79 Å². The van der Waals surface area contributed by atoms with Gasteiger partial charge in [0.05, 0.1) is 5.54 Å². The molecule has 2 aliphatic heterocycles. The van der Waals surface area contributed by atoms with Gasteiger partial charge in [-0.25, -0.2) is 0 Å². The number of piperidine rings is 1. The van der Waals surface area contributed by atoms with Crippen molar-refractivity contribution in [3.05, 3.63) is 0 Å². The van der Waals surface area contributed by atoms with E-state index < -0.39 is 0 Å². The molecule has 2 saturated heterocycles. The molecule has 2 fully saturated rings. The van der Waals surface area contributed by atoms with Crippen LogP contribution in [0.3, 0.4) is 0 Å². The van der Waals surface area contributed by atoms with Gasteiger partial charge in [-0.2, -0.15) is 0 Å². The van der Waals surface area contributed by atoms with Crippen molar-refractivity contribution in [1.82, 2.24) is 15.1 Å². The van der Waals surface area contributed by atoms with Crippen molar-refractivity contribution < 1.29 is 4.79 Å². The van der Waals surface area contributed by atoms with Gasteiger partial charge in [0.25, 0.3) is 0 Å². The monoisotopic (exact) mass is 253 g/mol. The molecule has 2 rings (SSSR count). The van der Waals surface area contributed by atoms with Crippen molar-refractivity contribution in [2.24, 2.45) is 0 Å². The highest BCUT2D eigenvalue weighted by Crippen LogP contribution is 2.24. The first kappa shape index (κ1) is 13.8. The Hall–Kier alpha value is -0.610. The quantitative estimate of drug-likeness (QED) is 0.759. The number of likely N-dealkylation sites (N-methyl/N-ethyl adjacent to an activating group) is 1. The van der Waals surface area contributed by atoms with Gasteiger partial charge in [0.2, 0.25) is 5.91 Å². The van der Waals surface area contributed by atoms with E-state index in [4.69, 9.17) is 0 Å². The highest BCUT2D eigenvalue weighted by atomic mass is 16.2. The van der Waals surface area contributed by atoms with Gasteiger partial charge in [-0.1, -0.05) is 0 Å². The van der Waals surface area contributed by atoms with E-state index in [0.717, 1.165) is 32.5 Å². The molecule has 0 spiro atoms. The Balaban J connectivity index is 2.04. The fourth-order valence-electron chi connectivity index (χ4n) is 3.16. The average molecular weight is 253 g/mol. The van der Waals surface area contributed by atoms with Crippen LogP contribution in [0, 0.1) is 0 Å². The molecule has 2 heterocycles. The Morgan fingerprint density at radius 1 is 1.22 bits per heavy atom. The molecular formula is C14H27N3O. The molecule has 0 saturated carbocycles. The number of hydrogen-bond acceptors (Lipinski definition) is 3. The van der Waals surface area contributed by atoms with E-state index in [-0.39, 0.29) is 5.54 Å². The van der Waals surface area contributed by atoms with E-state index in [1.165, 1.54) is 6.42 Å². The topological polar surface area (TPSA) is 35.6 Å². The molecule has 3 unspecified atom stereocenters. The largest absolute Gasteiger partial charge is 0.338 e. The van der Waals surface area contributed by atoms with Gasteiger partial charge < -0.3 is 10.2 Å². The molecular weight excluding hydrogens is 226 g/mol. The van der Waals surface area contributed by atoms with Crippen LogP contribution in [0.4, 0.5) is 0 Å². The lowest BCUT2D eigenvalue weighted by molar-refractivity contribution is -0.142. The minimum absolute atomic E-state index is 0.300. The molecule has 0 bridgehead atoms. The van der Waals surface area contributed by atoms with E-state index in [1.807, 2.05) is 0 Å². The summed E-state index contributed by atoms with van der Waals surface area (Å²) >= 11 is 0. The van der Waals surface area contributed by atoms with Crippen LogP contribution in [0.2, 0.25) is 0 Å². The van der Waals surface area contributed by atoms with Crippen molar-refractivity contribution >= 4 is 5.91 Å². The fraction of sp³-hybridized carbons (Fsp3) is 0.929. The summed E-state index contributed by atoms with van der Waals surface area (Å²) in [5, 5.41) is 3.43. The van der Waals surface area contributed by atoms with Gasteiger partial charge in [0.15, 0.2) is 0 Å². The molecule has 0 aromatic heterocycles. The molecule has 4 heteroatoms. The molecule has 4 nitrogen and oxygen atoms in total. The van der Waals surface area contributed by atoms with E-state index in [2.05, 4.69) is 42.9 Å². The number of amides is 1. The van der Waals surface area contributed by atoms with Crippen molar-refractivity contribution in [2.45, 2.75) is 57.7 Å². The molecule has 18 heavy (non-hydrogen) atoms. The number of carbonyl (C=O) groups is 1. The van der Waals surface area contributed by atoms with Gasteiger partial charge in [-0.15, -0.1) is 0 Å². The summed E-state index contributed by atoms with van der Waals surface area (Å²) in [6.45, 7) is 9.16. The Labute approximate surface area is 111 Å². The molecule has 3 atom stereocenters. The fourth-order valence-corrected chi connectivity index (χ4v) is 3.16. The Bertz CT molecular complexity index is 300. The van der Waals surface area contributed by atoms with Crippen molar-refractivity contribution in [2.75, 3.05) is 26.7 Å². The Morgan fingerprint density at radius 3 is 2.33 bits per heavy atom. The summed E-state index contributed by atoms with van der Waals surface area (Å²) in [7, 11) is 2.15. The first-order valence-electron chi connectivity index (χ1n) is 7.20. The number of hydrogen-bond donors (Lipinski definition) is 1. The zero-order chi connectivity index (χ0) is 13.3. The van der Waals surface area contributed by atoms with Gasteiger partial charge in [0, 0.05) is 25.2 Å². The number of carbonyl (C=O) groups excluding carboxylic acids is 1. The molecule has 2 aliphatic rings. The minimum atomic E-state index is -0.326. The van der Waals surface area contributed by atoms with Crippen LogP contribution < -0.4 is 5.32 Å². The third kappa shape index (κ3) is 2.54. The van der Waals surface area contributed by atoms with Crippen molar-refractivity contribution in [1.29, 1.82) is 0 Å². The number of piperazine rings is 1. The van der Waals surface area contributed by atoms with Crippen LogP contribution >= 0.6 is 0 Å². The SMILES string of the molecule is CC1CN(C(=O)C2(C)CCCCN2)CC(C)N1C. The summed E-state index contributed by atoms with van der Waals surface area (Å²) in [5.41, 5.74) is -0.326. The zero-order valence-corrected chi connectivity index (χ0v) is 12.2. The number of nitrogens with one attached hydrogen (secondary N) is 1. The summed E-state index contributed by atoms with van der Waals surface area (Å²) in [6, 6.07) is 0.898. The van der Waals surface area contributed by atoms with Crippen LogP contribution in [0.5, 0.6) is 0 Å². The molecule has 0 aromatic carbocycles. The molecule has 1 amide bonds. The second-order valence-electron chi connectivity index (χ2n) is 6.29. The summed E-state index contributed by atoms with van der Waals surface area (Å²) < 4.78 is 0. The molecule has 104 valence electrons. The molecule has 1 N–H and O–H groups in total. The maximum Gasteiger partial charge on any atom is 0.242 e. The Kier molecular flexibility index (Phi) is 3.97. The van der Waals surface area contributed by atoms with Crippen LogP contribution in [-0.2, 0) is 4.79 Å². The number of rotatable bonds is 1. The summed E-state index contributed by atoms with van der Waals surface area (Å²) in [6.07, 6.45) is 3.33. The van der Waals surface area contributed by atoms with E-state index in [0.29, 0.717) is 18.0 Å². The highest BCUT2D eigenvalue weighted by Gasteiger charge is 2.40. The maximum atomic E-state index is 12.7. The predicted octanol–water partition coefficient (Wildman–Crippen LogP) is 1.07.